The summed E-state index contributed by atoms with van der Waals surface area (Å²) < 4.78 is 33.9. The first-order chi connectivity index (χ1) is 16.3. The van der Waals surface area contributed by atoms with Gasteiger partial charge in [-0.15, -0.1) is 0 Å². The van der Waals surface area contributed by atoms with Crippen LogP contribution < -0.4 is 4.74 Å². The van der Waals surface area contributed by atoms with Crippen LogP contribution in [0.2, 0.25) is 0 Å². The van der Waals surface area contributed by atoms with Crippen molar-refractivity contribution < 1.29 is 38.0 Å². The molecule has 33 heavy (non-hydrogen) atoms. The fourth-order valence-electron chi connectivity index (χ4n) is 3.71. The molecule has 2 aromatic rings. The van der Waals surface area contributed by atoms with Gasteiger partial charge in [0.05, 0.1) is 65.0 Å². The zero-order valence-electron chi connectivity index (χ0n) is 18.5. The summed E-state index contributed by atoms with van der Waals surface area (Å²) in [6.45, 7) is 4.11. The molecular formula is C25H28O8. The largest absolute Gasteiger partial charge is 0.490 e. The highest BCUT2D eigenvalue weighted by Crippen LogP contribution is 2.33. The number of rotatable bonds is 3. The summed E-state index contributed by atoms with van der Waals surface area (Å²) in [6.07, 6.45) is -0.382. The highest BCUT2D eigenvalue weighted by molar-refractivity contribution is 6.29. The van der Waals surface area contributed by atoms with Crippen molar-refractivity contribution in [2.45, 2.75) is 6.10 Å². The third kappa shape index (κ3) is 6.04. The van der Waals surface area contributed by atoms with Gasteiger partial charge in [-0.1, -0.05) is 36.4 Å². The Morgan fingerprint density at radius 3 is 1.94 bits per heavy atom. The number of hydrogen-bond acceptors (Lipinski definition) is 8. The number of benzene rings is 2. The molecule has 1 fully saturated rings. The molecule has 0 N–H and O–H groups in total. The second kappa shape index (κ2) is 12.0. The number of carbonyl (C=O) groups excluding carboxylic acids is 2. The first kappa shape index (κ1) is 23.5. The van der Waals surface area contributed by atoms with E-state index in [9.17, 15) is 9.59 Å². The fourth-order valence-corrected chi connectivity index (χ4v) is 3.71. The van der Waals surface area contributed by atoms with Gasteiger partial charge in [0.2, 0.25) is 0 Å². The summed E-state index contributed by atoms with van der Waals surface area (Å²) in [6, 6.07) is 11.9. The van der Waals surface area contributed by atoms with Gasteiger partial charge in [-0.05, 0) is 6.07 Å². The summed E-state index contributed by atoms with van der Waals surface area (Å²) >= 11 is 0. The SMILES string of the molecule is O=C1c2ccccc2C(=O)c2c(OCC3COCCOCCOCCOCCO3)cccc21. The molecule has 0 bridgehead atoms. The molecule has 0 spiro atoms. The molecule has 1 atom stereocenters. The van der Waals surface area contributed by atoms with Crippen LogP contribution in [0.15, 0.2) is 42.5 Å². The van der Waals surface area contributed by atoms with Crippen LogP contribution in [0, 0.1) is 0 Å². The van der Waals surface area contributed by atoms with E-state index in [4.69, 9.17) is 28.4 Å². The Morgan fingerprint density at radius 2 is 1.24 bits per heavy atom. The Morgan fingerprint density at radius 1 is 0.667 bits per heavy atom. The lowest BCUT2D eigenvalue weighted by atomic mass is 9.83. The molecule has 1 aliphatic carbocycles. The van der Waals surface area contributed by atoms with E-state index in [1.54, 1.807) is 42.5 Å². The molecule has 176 valence electrons. The van der Waals surface area contributed by atoms with Gasteiger partial charge in [-0.3, -0.25) is 9.59 Å². The van der Waals surface area contributed by atoms with Crippen LogP contribution in [0.3, 0.4) is 0 Å². The third-order valence-corrected chi connectivity index (χ3v) is 5.34. The molecule has 0 amide bonds. The van der Waals surface area contributed by atoms with Gasteiger partial charge < -0.3 is 28.4 Å². The lowest BCUT2D eigenvalue weighted by Crippen LogP contribution is -2.30. The number of carbonyl (C=O) groups is 2. The summed E-state index contributed by atoms with van der Waals surface area (Å²) in [4.78, 5) is 26.1. The maximum absolute atomic E-state index is 13.1. The van der Waals surface area contributed by atoms with Crippen molar-refractivity contribution in [1.29, 1.82) is 0 Å². The summed E-state index contributed by atoms with van der Waals surface area (Å²) in [7, 11) is 0. The van der Waals surface area contributed by atoms with Crippen LogP contribution in [0.25, 0.3) is 0 Å². The van der Waals surface area contributed by atoms with E-state index < -0.39 is 0 Å². The minimum absolute atomic E-state index is 0.156. The van der Waals surface area contributed by atoms with Crippen LogP contribution in [-0.2, 0) is 23.7 Å². The van der Waals surface area contributed by atoms with E-state index in [0.717, 1.165) is 0 Å². The monoisotopic (exact) mass is 456 g/mol. The van der Waals surface area contributed by atoms with Crippen LogP contribution in [0.4, 0.5) is 0 Å². The Kier molecular flexibility index (Phi) is 8.57. The molecule has 1 saturated heterocycles. The van der Waals surface area contributed by atoms with Crippen molar-refractivity contribution in [3.63, 3.8) is 0 Å². The molecular weight excluding hydrogens is 428 g/mol. The minimum atomic E-state index is -0.382. The molecule has 0 radical (unpaired) electrons. The maximum Gasteiger partial charge on any atom is 0.198 e. The maximum atomic E-state index is 13.1. The molecule has 8 heteroatoms. The number of ether oxygens (including phenoxy) is 6. The summed E-state index contributed by atoms with van der Waals surface area (Å²) in [5.41, 5.74) is 1.44. The van der Waals surface area contributed by atoms with Crippen molar-refractivity contribution in [1.82, 2.24) is 0 Å². The predicted octanol–water partition coefficient (Wildman–Crippen LogP) is 2.31. The van der Waals surface area contributed by atoms with E-state index in [-0.39, 0.29) is 29.8 Å². The Labute approximate surface area is 192 Å². The highest BCUT2D eigenvalue weighted by Gasteiger charge is 2.32. The normalized spacial score (nSPS) is 20.8. The van der Waals surface area contributed by atoms with Gasteiger partial charge in [0, 0.05) is 16.7 Å². The lowest BCUT2D eigenvalue weighted by molar-refractivity contribution is -0.0606. The van der Waals surface area contributed by atoms with Crippen molar-refractivity contribution >= 4 is 11.6 Å². The standard InChI is InChI=1S/C25H28O8/c26-24-19-4-1-2-5-20(19)25(27)23-21(24)6-3-7-22(23)33-17-18-16-31-13-12-29-9-8-28-10-11-30-14-15-32-18/h1-7,18H,8-17H2. The van der Waals surface area contributed by atoms with E-state index in [0.29, 0.717) is 81.9 Å². The second-order valence-electron chi connectivity index (χ2n) is 7.60. The van der Waals surface area contributed by atoms with Crippen LogP contribution in [0.5, 0.6) is 5.75 Å². The van der Waals surface area contributed by atoms with Crippen LogP contribution in [0.1, 0.15) is 31.8 Å². The fraction of sp³-hybridized carbons (Fsp3) is 0.440. The molecule has 1 aliphatic heterocycles. The minimum Gasteiger partial charge on any atom is -0.490 e. The van der Waals surface area contributed by atoms with Crippen molar-refractivity contribution in [3.8, 4) is 5.75 Å². The van der Waals surface area contributed by atoms with Gasteiger partial charge in [0.15, 0.2) is 11.6 Å². The van der Waals surface area contributed by atoms with Crippen LogP contribution >= 0.6 is 0 Å². The average Bonchev–Trinajstić information content (AvgIpc) is 2.86. The zero-order chi connectivity index (χ0) is 22.9. The van der Waals surface area contributed by atoms with E-state index >= 15 is 0 Å². The molecule has 1 unspecified atom stereocenters. The van der Waals surface area contributed by atoms with Crippen molar-refractivity contribution in [2.75, 3.05) is 66.1 Å². The number of ketones is 2. The van der Waals surface area contributed by atoms with Crippen molar-refractivity contribution in [3.05, 3.63) is 64.7 Å². The average molecular weight is 456 g/mol. The second-order valence-corrected chi connectivity index (χ2v) is 7.60. The van der Waals surface area contributed by atoms with Gasteiger partial charge in [-0.2, -0.15) is 0 Å². The van der Waals surface area contributed by atoms with Gasteiger partial charge >= 0.3 is 0 Å². The Bertz CT molecular complexity index is 941. The molecule has 2 aliphatic rings. The summed E-state index contributed by atoms with van der Waals surface area (Å²) in [5, 5.41) is 0. The smallest absolute Gasteiger partial charge is 0.198 e. The zero-order valence-corrected chi connectivity index (χ0v) is 18.5. The molecule has 1 heterocycles. The molecule has 2 aromatic carbocycles. The highest BCUT2D eigenvalue weighted by atomic mass is 16.6. The van der Waals surface area contributed by atoms with Gasteiger partial charge in [0.1, 0.15) is 18.5 Å². The molecule has 0 saturated carbocycles. The Balaban J connectivity index is 1.43. The third-order valence-electron chi connectivity index (χ3n) is 5.34. The molecule has 0 aromatic heterocycles. The molecule has 8 nitrogen and oxygen atoms in total. The van der Waals surface area contributed by atoms with E-state index in [1.807, 2.05) is 0 Å². The van der Waals surface area contributed by atoms with Crippen LogP contribution in [-0.4, -0.2) is 83.7 Å². The van der Waals surface area contributed by atoms with Crippen molar-refractivity contribution in [2.24, 2.45) is 0 Å². The first-order valence-corrected chi connectivity index (χ1v) is 11.1. The topological polar surface area (TPSA) is 89.5 Å². The lowest BCUT2D eigenvalue weighted by Gasteiger charge is -2.22. The Hall–Kier alpha value is -2.62. The van der Waals surface area contributed by atoms with E-state index in [1.165, 1.54) is 0 Å². The quantitative estimate of drug-likeness (QED) is 0.593. The molecule has 4 rings (SSSR count). The predicted molar refractivity (Wildman–Crippen MR) is 118 cm³/mol. The first-order valence-electron chi connectivity index (χ1n) is 11.1. The number of fused-ring (bicyclic) bond motifs is 2. The van der Waals surface area contributed by atoms with Gasteiger partial charge in [-0.25, -0.2) is 0 Å². The van der Waals surface area contributed by atoms with E-state index in [2.05, 4.69) is 0 Å². The number of hydrogen-bond donors (Lipinski definition) is 0. The van der Waals surface area contributed by atoms with Gasteiger partial charge in [0.25, 0.3) is 0 Å². The summed E-state index contributed by atoms with van der Waals surface area (Å²) in [5.74, 6) is -0.0420.